The molecule has 5 atom stereocenters. The van der Waals surface area contributed by atoms with Crippen molar-refractivity contribution in [3.63, 3.8) is 0 Å². The van der Waals surface area contributed by atoms with Gasteiger partial charge in [0, 0.05) is 12.3 Å². The fourth-order valence-corrected chi connectivity index (χ4v) is 5.76. The molecule has 3 heterocycles. The van der Waals surface area contributed by atoms with Gasteiger partial charge in [-0.2, -0.15) is 0 Å². The Bertz CT molecular complexity index is 490. The van der Waals surface area contributed by atoms with Crippen molar-refractivity contribution in [2.45, 2.75) is 56.6 Å². The molecule has 0 radical (unpaired) electrons. The number of rotatable bonds is 0. The van der Waals surface area contributed by atoms with Crippen molar-refractivity contribution in [2.24, 2.45) is 17.8 Å². The fourth-order valence-electron chi connectivity index (χ4n) is 5.76. The summed E-state index contributed by atoms with van der Waals surface area (Å²) in [4.78, 5) is 28.0. The van der Waals surface area contributed by atoms with Crippen molar-refractivity contribution < 1.29 is 14.7 Å². The number of hydrogen-bond donors (Lipinski definition) is 1. The molecule has 3 saturated carbocycles. The average Bonchev–Trinajstić information content (AvgIpc) is 2.39. The lowest BCUT2D eigenvalue weighted by molar-refractivity contribution is -0.204. The van der Waals surface area contributed by atoms with Crippen molar-refractivity contribution >= 4 is 11.6 Å². The Morgan fingerprint density at radius 2 is 2.00 bits per heavy atom. The highest BCUT2D eigenvalue weighted by Crippen LogP contribution is 2.58. The molecule has 110 valence electrons. The SMILES string of the molecule is C[C@@H]1C[C@H]2C[C@]34C(=O)CCCN3CCC[C@@]2(O)C(=O)[C@H]14. The first-order valence-corrected chi connectivity index (χ1v) is 8.05. The Hall–Kier alpha value is -0.740. The number of piperidine rings is 1. The van der Waals surface area contributed by atoms with Crippen molar-refractivity contribution in [3.05, 3.63) is 0 Å². The van der Waals surface area contributed by atoms with Gasteiger partial charge < -0.3 is 5.11 Å². The van der Waals surface area contributed by atoms with Crippen LogP contribution in [0.25, 0.3) is 0 Å². The molecule has 20 heavy (non-hydrogen) atoms. The smallest absolute Gasteiger partial charge is 0.170 e. The second-order valence-electron chi connectivity index (χ2n) is 7.42. The van der Waals surface area contributed by atoms with Crippen LogP contribution in [0.4, 0.5) is 0 Å². The van der Waals surface area contributed by atoms with E-state index >= 15 is 0 Å². The molecule has 3 aliphatic heterocycles. The predicted octanol–water partition coefficient (Wildman–Crippen LogP) is 1.16. The monoisotopic (exact) mass is 277 g/mol. The molecule has 0 aromatic heterocycles. The molecule has 6 aliphatic rings. The van der Waals surface area contributed by atoms with E-state index in [-0.39, 0.29) is 29.3 Å². The minimum absolute atomic E-state index is 0.0140. The van der Waals surface area contributed by atoms with E-state index in [0.717, 1.165) is 32.4 Å². The zero-order valence-corrected chi connectivity index (χ0v) is 12.1. The Kier molecular flexibility index (Phi) is 2.54. The summed E-state index contributed by atoms with van der Waals surface area (Å²) in [5, 5.41) is 10.9. The van der Waals surface area contributed by atoms with E-state index in [9.17, 15) is 14.7 Å². The zero-order valence-electron chi connectivity index (χ0n) is 12.1. The highest BCUT2D eigenvalue weighted by atomic mass is 16.3. The topological polar surface area (TPSA) is 57.6 Å². The van der Waals surface area contributed by atoms with Gasteiger partial charge in [-0.25, -0.2) is 0 Å². The minimum Gasteiger partial charge on any atom is -0.382 e. The van der Waals surface area contributed by atoms with Crippen LogP contribution in [0.1, 0.15) is 45.4 Å². The average molecular weight is 277 g/mol. The lowest BCUT2D eigenvalue weighted by atomic mass is 9.46. The molecule has 4 heteroatoms. The quantitative estimate of drug-likeness (QED) is 0.722. The lowest BCUT2D eigenvalue weighted by Crippen LogP contribution is -2.77. The van der Waals surface area contributed by atoms with E-state index in [4.69, 9.17) is 0 Å². The van der Waals surface area contributed by atoms with Gasteiger partial charge in [-0.1, -0.05) is 6.92 Å². The van der Waals surface area contributed by atoms with Gasteiger partial charge in [0.2, 0.25) is 0 Å². The number of ketones is 2. The molecule has 4 nitrogen and oxygen atoms in total. The van der Waals surface area contributed by atoms with Crippen LogP contribution >= 0.6 is 0 Å². The van der Waals surface area contributed by atoms with E-state index in [2.05, 4.69) is 11.8 Å². The van der Waals surface area contributed by atoms with E-state index in [0.29, 0.717) is 19.3 Å². The normalized spacial score (nSPS) is 51.8. The molecule has 4 bridgehead atoms. The molecule has 0 unspecified atom stereocenters. The zero-order chi connectivity index (χ0) is 14.1. The number of Topliss-reactive ketones (excluding diaryl/α,β-unsaturated/α-hetero) is 2. The first kappa shape index (κ1) is 13.0. The van der Waals surface area contributed by atoms with Gasteiger partial charge in [0.25, 0.3) is 0 Å². The van der Waals surface area contributed by atoms with Crippen LogP contribution < -0.4 is 0 Å². The van der Waals surface area contributed by atoms with E-state index in [1.165, 1.54) is 0 Å². The number of aliphatic hydroxyl groups is 1. The summed E-state index contributed by atoms with van der Waals surface area (Å²) in [5.74, 6) is 0.185. The van der Waals surface area contributed by atoms with Gasteiger partial charge in [0.05, 0.1) is 5.54 Å². The van der Waals surface area contributed by atoms with Gasteiger partial charge >= 0.3 is 0 Å². The highest BCUT2D eigenvalue weighted by Gasteiger charge is 2.69. The van der Waals surface area contributed by atoms with Gasteiger partial charge in [0.1, 0.15) is 5.60 Å². The van der Waals surface area contributed by atoms with Crippen molar-refractivity contribution in [1.29, 1.82) is 0 Å². The van der Waals surface area contributed by atoms with E-state index in [1.54, 1.807) is 0 Å². The second-order valence-corrected chi connectivity index (χ2v) is 7.42. The third-order valence-electron chi connectivity index (χ3n) is 6.55. The van der Waals surface area contributed by atoms with Crippen LogP contribution in [0.3, 0.4) is 0 Å². The van der Waals surface area contributed by atoms with Crippen LogP contribution in [0.2, 0.25) is 0 Å². The Morgan fingerprint density at radius 3 is 2.75 bits per heavy atom. The molecule has 3 aliphatic carbocycles. The van der Waals surface area contributed by atoms with Gasteiger partial charge in [-0.05, 0) is 57.0 Å². The molecular weight excluding hydrogens is 254 g/mol. The fraction of sp³-hybridized carbons (Fsp3) is 0.875. The molecule has 3 saturated heterocycles. The van der Waals surface area contributed by atoms with Crippen LogP contribution in [0, 0.1) is 17.8 Å². The Labute approximate surface area is 119 Å². The third kappa shape index (κ3) is 1.30. The summed E-state index contributed by atoms with van der Waals surface area (Å²) >= 11 is 0. The highest BCUT2D eigenvalue weighted by molar-refractivity contribution is 6.02. The summed E-state index contributed by atoms with van der Waals surface area (Å²) in [6, 6.07) is 0. The van der Waals surface area contributed by atoms with Crippen LogP contribution in [0.15, 0.2) is 0 Å². The van der Waals surface area contributed by atoms with E-state index in [1.807, 2.05) is 0 Å². The first-order valence-electron chi connectivity index (χ1n) is 8.05. The van der Waals surface area contributed by atoms with Crippen molar-refractivity contribution in [3.8, 4) is 0 Å². The third-order valence-corrected chi connectivity index (χ3v) is 6.55. The molecule has 6 rings (SSSR count). The molecule has 1 N–H and O–H groups in total. The predicted molar refractivity (Wildman–Crippen MR) is 73.1 cm³/mol. The van der Waals surface area contributed by atoms with Crippen LogP contribution in [-0.2, 0) is 9.59 Å². The number of nitrogens with zero attached hydrogens (tertiary/aromatic N) is 1. The van der Waals surface area contributed by atoms with Crippen molar-refractivity contribution in [1.82, 2.24) is 4.90 Å². The number of fused-ring (bicyclic) bond motifs is 3. The van der Waals surface area contributed by atoms with Crippen LogP contribution in [0.5, 0.6) is 0 Å². The van der Waals surface area contributed by atoms with Crippen molar-refractivity contribution in [2.75, 3.05) is 13.1 Å². The molecular formula is C16H23NO3. The number of hydrogen-bond acceptors (Lipinski definition) is 4. The molecule has 0 amide bonds. The maximum absolute atomic E-state index is 12.9. The largest absolute Gasteiger partial charge is 0.382 e. The Balaban J connectivity index is 1.90. The number of carbonyl (C=O) groups is 2. The van der Waals surface area contributed by atoms with Crippen LogP contribution in [-0.4, -0.2) is 45.8 Å². The number of carbonyl (C=O) groups excluding carboxylic acids is 2. The Morgan fingerprint density at radius 1 is 1.25 bits per heavy atom. The minimum atomic E-state index is -1.13. The summed E-state index contributed by atoms with van der Waals surface area (Å²) in [6.07, 6.45) is 4.55. The maximum Gasteiger partial charge on any atom is 0.170 e. The van der Waals surface area contributed by atoms with Gasteiger partial charge in [-0.15, -0.1) is 0 Å². The summed E-state index contributed by atoms with van der Waals surface area (Å²) in [6.45, 7) is 3.89. The molecule has 6 fully saturated rings. The maximum atomic E-state index is 12.9. The lowest BCUT2D eigenvalue weighted by Gasteiger charge is -2.64. The first-order chi connectivity index (χ1) is 9.50. The standard InChI is InChI=1S/C16H23NO3/c1-10-8-11-9-15-12(18)4-2-6-17(15)7-3-5-16(11,20)14(19)13(10)15/h10-11,13,20H,2-9H2,1H3/t10-,11+,13+,15-,16+/m1/s1. The summed E-state index contributed by atoms with van der Waals surface area (Å²) < 4.78 is 0. The molecule has 0 aromatic carbocycles. The molecule has 1 spiro atoms. The van der Waals surface area contributed by atoms with Gasteiger partial charge in [0.15, 0.2) is 11.6 Å². The molecule has 0 aromatic rings. The van der Waals surface area contributed by atoms with E-state index < -0.39 is 11.1 Å². The summed E-state index contributed by atoms with van der Waals surface area (Å²) in [7, 11) is 0. The van der Waals surface area contributed by atoms with Gasteiger partial charge in [-0.3, -0.25) is 14.5 Å². The second kappa shape index (κ2) is 3.92. The summed E-state index contributed by atoms with van der Waals surface area (Å²) in [5.41, 5.74) is -1.70.